The minimum atomic E-state index is -1.48. The fourth-order valence-corrected chi connectivity index (χ4v) is 5.94. The third kappa shape index (κ3) is 4.63. The van der Waals surface area contributed by atoms with Crippen LogP contribution in [0.2, 0.25) is 0 Å². The standard InChI is InChI=1S/C29H37NO4/c1-19-12-7-4-5-10-17-25(31)34-29-23(16-11-13-19)27(32)21(3)20(2)26(29)24(30-28(29)33)18-22-14-8-6-9-15-22/h6,8-11,14-17,19,23-24,26-27,32H,4-5,7,12-13,18H2,1-3H3,(H,30,33)/b16-11+,17-10+/t19-,23+,24+,26-,27+,29-/m1/s1. The summed E-state index contributed by atoms with van der Waals surface area (Å²) in [7, 11) is 0. The molecule has 0 bridgehead atoms. The predicted molar refractivity (Wildman–Crippen MR) is 133 cm³/mol. The first-order valence-corrected chi connectivity index (χ1v) is 12.6. The van der Waals surface area contributed by atoms with E-state index in [0.717, 1.165) is 48.8 Å². The lowest BCUT2D eigenvalue weighted by Gasteiger charge is -2.45. The Morgan fingerprint density at radius 3 is 2.62 bits per heavy atom. The Hall–Kier alpha value is -2.66. The van der Waals surface area contributed by atoms with E-state index in [1.165, 1.54) is 6.08 Å². The Balaban J connectivity index is 1.79. The van der Waals surface area contributed by atoms with Crippen LogP contribution in [0.4, 0.5) is 0 Å². The van der Waals surface area contributed by atoms with Crippen molar-refractivity contribution in [1.82, 2.24) is 5.32 Å². The topological polar surface area (TPSA) is 75.6 Å². The maximum Gasteiger partial charge on any atom is 0.331 e. The van der Waals surface area contributed by atoms with Crippen LogP contribution in [0.1, 0.15) is 58.4 Å². The number of aliphatic hydroxyl groups excluding tert-OH is 1. The summed E-state index contributed by atoms with van der Waals surface area (Å²) < 4.78 is 6.12. The van der Waals surface area contributed by atoms with Gasteiger partial charge in [-0.15, -0.1) is 0 Å². The fraction of sp³-hybridized carbons (Fsp3) is 0.517. The number of rotatable bonds is 2. The number of ether oxygens (including phenoxy) is 1. The van der Waals surface area contributed by atoms with Gasteiger partial charge in [0.15, 0.2) is 0 Å². The molecular weight excluding hydrogens is 426 g/mol. The molecule has 182 valence electrons. The zero-order chi connectivity index (χ0) is 24.3. The van der Waals surface area contributed by atoms with Gasteiger partial charge in [-0.3, -0.25) is 4.79 Å². The normalized spacial score (nSPS) is 36.5. The lowest BCUT2D eigenvalue weighted by Crippen LogP contribution is -2.59. The number of hydrogen-bond donors (Lipinski definition) is 2. The van der Waals surface area contributed by atoms with Gasteiger partial charge in [0.05, 0.1) is 17.9 Å². The lowest BCUT2D eigenvalue weighted by atomic mass is 9.63. The predicted octanol–water partition coefficient (Wildman–Crippen LogP) is 4.67. The summed E-state index contributed by atoms with van der Waals surface area (Å²) in [5, 5.41) is 14.5. The van der Waals surface area contributed by atoms with Gasteiger partial charge in [-0.25, -0.2) is 4.79 Å². The van der Waals surface area contributed by atoms with Crippen molar-refractivity contribution in [2.45, 2.75) is 77.0 Å². The average molecular weight is 464 g/mol. The van der Waals surface area contributed by atoms with Crippen LogP contribution in [0.3, 0.4) is 0 Å². The molecule has 2 aliphatic heterocycles. The first-order valence-electron chi connectivity index (χ1n) is 12.6. The summed E-state index contributed by atoms with van der Waals surface area (Å²) in [5.74, 6) is -1.33. The molecule has 1 spiro atoms. The van der Waals surface area contributed by atoms with Crippen molar-refractivity contribution in [1.29, 1.82) is 0 Å². The second kappa shape index (κ2) is 10.3. The maximum atomic E-state index is 13.7. The maximum absolute atomic E-state index is 13.7. The summed E-state index contributed by atoms with van der Waals surface area (Å²) in [6, 6.07) is 9.79. The van der Waals surface area contributed by atoms with Crippen LogP contribution in [-0.2, 0) is 20.7 Å². The number of aliphatic hydroxyl groups is 1. The van der Waals surface area contributed by atoms with E-state index < -0.39 is 23.6 Å². The summed E-state index contributed by atoms with van der Waals surface area (Å²) in [5.41, 5.74) is 1.40. The fourth-order valence-electron chi connectivity index (χ4n) is 5.94. The Morgan fingerprint density at radius 1 is 1.09 bits per heavy atom. The lowest BCUT2D eigenvalue weighted by molar-refractivity contribution is -0.175. The third-order valence-corrected chi connectivity index (χ3v) is 7.92. The first kappa shape index (κ1) is 24.5. The monoisotopic (exact) mass is 463 g/mol. The first-order chi connectivity index (χ1) is 16.3. The van der Waals surface area contributed by atoms with E-state index in [-0.39, 0.29) is 17.9 Å². The van der Waals surface area contributed by atoms with Crippen LogP contribution in [0.15, 0.2) is 65.8 Å². The molecule has 0 unspecified atom stereocenters. The highest BCUT2D eigenvalue weighted by atomic mass is 16.6. The molecule has 6 atom stereocenters. The van der Waals surface area contributed by atoms with E-state index >= 15 is 0 Å². The van der Waals surface area contributed by atoms with Crippen molar-refractivity contribution in [3.05, 3.63) is 71.3 Å². The van der Waals surface area contributed by atoms with Gasteiger partial charge in [0.1, 0.15) is 0 Å². The number of carbonyl (C=O) groups is 2. The summed E-state index contributed by atoms with van der Waals surface area (Å²) in [6.07, 6.45) is 11.9. The Bertz CT molecular complexity index is 995. The summed E-state index contributed by atoms with van der Waals surface area (Å²) >= 11 is 0. The van der Waals surface area contributed by atoms with Crippen LogP contribution in [0.25, 0.3) is 0 Å². The molecule has 1 saturated heterocycles. The van der Waals surface area contributed by atoms with Crippen molar-refractivity contribution in [2.24, 2.45) is 17.8 Å². The molecule has 0 radical (unpaired) electrons. The number of hydrogen-bond acceptors (Lipinski definition) is 4. The van der Waals surface area contributed by atoms with E-state index in [0.29, 0.717) is 12.3 Å². The minimum absolute atomic E-state index is 0.233. The van der Waals surface area contributed by atoms with E-state index in [4.69, 9.17) is 4.74 Å². The molecule has 5 nitrogen and oxygen atoms in total. The molecule has 5 heteroatoms. The van der Waals surface area contributed by atoms with Gasteiger partial charge in [0.25, 0.3) is 5.91 Å². The number of benzene rings is 1. The zero-order valence-electron chi connectivity index (χ0n) is 20.5. The Kier molecular flexibility index (Phi) is 7.42. The molecule has 0 aromatic heterocycles. The molecule has 4 rings (SSSR count). The molecule has 1 aliphatic carbocycles. The van der Waals surface area contributed by atoms with E-state index in [1.54, 1.807) is 0 Å². The van der Waals surface area contributed by atoms with Crippen molar-refractivity contribution in [3.8, 4) is 0 Å². The number of carbonyl (C=O) groups excluding carboxylic acids is 2. The molecular formula is C29H37NO4. The molecule has 3 aliphatic rings. The highest BCUT2D eigenvalue weighted by molar-refractivity contribution is 5.94. The van der Waals surface area contributed by atoms with Crippen LogP contribution < -0.4 is 5.32 Å². The molecule has 1 amide bonds. The van der Waals surface area contributed by atoms with Gasteiger partial charge in [-0.05, 0) is 56.6 Å². The SMILES string of the molecule is CC1=C(C)[C@H](O)[C@@H]2/C=C/C[C@H](C)CCCC/C=C/C(=O)O[C@]23C(=O)N[C@@H](Cc2ccccc2)[C@@H]13. The largest absolute Gasteiger partial charge is 0.444 e. The molecule has 1 aromatic carbocycles. The smallest absolute Gasteiger partial charge is 0.331 e. The van der Waals surface area contributed by atoms with Gasteiger partial charge in [-0.2, -0.15) is 0 Å². The van der Waals surface area contributed by atoms with E-state index in [2.05, 4.69) is 18.3 Å². The molecule has 1 fully saturated rings. The van der Waals surface area contributed by atoms with Gasteiger partial charge in [0, 0.05) is 12.1 Å². The van der Waals surface area contributed by atoms with Gasteiger partial charge < -0.3 is 15.2 Å². The highest BCUT2D eigenvalue weighted by Crippen LogP contribution is 2.50. The van der Waals surface area contributed by atoms with Crippen LogP contribution >= 0.6 is 0 Å². The van der Waals surface area contributed by atoms with Crippen molar-refractivity contribution in [2.75, 3.05) is 0 Å². The minimum Gasteiger partial charge on any atom is -0.444 e. The van der Waals surface area contributed by atoms with Gasteiger partial charge in [-0.1, -0.05) is 73.9 Å². The Labute approximate surface area is 203 Å². The Morgan fingerprint density at radius 2 is 1.85 bits per heavy atom. The van der Waals surface area contributed by atoms with Crippen LogP contribution in [0, 0.1) is 17.8 Å². The summed E-state index contributed by atoms with van der Waals surface area (Å²) in [4.78, 5) is 26.7. The average Bonchev–Trinajstić information content (AvgIpc) is 3.08. The van der Waals surface area contributed by atoms with Gasteiger partial charge in [0.2, 0.25) is 5.60 Å². The molecule has 1 aromatic rings. The van der Waals surface area contributed by atoms with E-state index in [1.807, 2.05) is 56.3 Å². The molecule has 2 N–H and O–H groups in total. The molecule has 34 heavy (non-hydrogen) atoms. The van der Waals surface area contributed by atoms with Crippen molar-refractivity contribution < 1.29 is 19.4 Å². The van der Waals surface area contributed by atoms with Crippen molar-refractivity contribution >= 4 is 11.9 Å². The molecule has 2 heterocycles. The highest BCUT2D eigenvalue weighted by Gasteiger charge is 2.66. The number of allylic oxidation sites excluding steroid dienone is 2. The number of amides is 1. The zero-order valence-corrected chi connectivity index (χ0v) is 20.5. The van der Waals surface area contributed by atoms with E-state index in [9.17, 15) is 14.7 Å². The number of esters is 1. The van der Waals surface area contributed by atoms with Crippen molar-refractivity contribution in [3.63, 3.8) is 0 Å². The van der Waals surface area contributed by atoms with Crippen LogP contribution in [-0.4, -0.2) is 34.7 Å². The van der Waals surface area contributed by atoms with Crippen LogP contribution in [0.5, 0.6) is 0 Å². The quantitative estimate of drug-likeness (QED) is 0.494. The second-order valence-corrected chi connectivity index (χ2v) is 10.3. The third-order valence-electron chi connectivity index (χ3n) is 7.92. The summed E-state index contributed by atoms with van der Waals surface area (Å²) in [6.45, 7) is 6.12. The number of nitrogens with one attached hydrogen (secondary N) is 1. The van der Waals surface area contributed by atoms with Gasteiger partial charge >= 0.3 is 5.97 Å². The molecule has 0 saturated carbocycles. The second-order valence-electron chi connectivity index (χ2n) is 10.3.